The average molecular weight is 137 g/mol. The molecular formula is C3H7NO5. The fourth-order valence-corrected chi connectivity index (χ4v) is 0.166. The molecule has 0 aromatic rings. The second-order valence-corrected chi connectivity index (χ2v) is 1.50. The lowest BCUT2D eigenvalue weighted by atomic mass is 10.3. The Balaban J connectivity index is 4.04. The first kappa shape index (κ1) is 8.31. The Kier molecular flexibility index (Phi) is 2.10. The summed E-state index contributed by atoms with van der Waals surface area (Å²) in [4.78, 5) is 9.74. The molecule has 6 heteroatoms. The average Bonchev–Trinajstić information content (AvgIpc) is 1.62. The number of hydrogen-bond acceptors (Lipinski definition) is 5. The Morgan fingerprint density at radius 2 is 1.78 bits per heavy atom. The molecule has 0 spiro atoms. The monoisotopic (exact) mass is 137 g/mol. The number of carbonyl (C=O) groups is 1. The molecule has 0 aliphatic carbocycles. The van der Waals surface area contributed by atoms with E-state index in [1.165, 1.54) is 0 Å². The van der Waals surface area contributed by atoms with Gasteiger partial charge in [0.15, 0.2) is 6.04 Å². The third kappa shape index (κ3) is 2.38. The second kappa shape index (κ2) is 2.28. The van der Waals surface area contributed by atoms with E-state index < -0.39 is 18.0 Å². The van der Waals surface area contributed by atoms with E-state index in [-0.39, 0.29) is 0 Å². The summed E-state index contributed by atoms with van der Waals surface area (Å²) in [6.07, 6.45) is 0. The summed E-state index contributed by atoms with van der Waals surface area (Å²) in [5.74, 6) is -5.03. The van der Waals surface area contributed by atoms with Crippen LogP contribution in [-0.4, -0.2) is 38.4 Å². The number of rotatable bonds is 2. The van der Waals surface area contributed by atoms with Crippen molar-refractivity contribution in [3.8, 4) is 0 Å². The fraction of sp³-hybridized carbons (Fsp3) is 0.667. The summed E-state index contributed by atoms with van der Waals surface area (Å²) in [5, 5.41) is 32.1. The van der Waals surface area contributed by atoms with Crippen molar-refractivity contribution in [2.45, 2.75) is 12.0 Å². The quantitative estimate of drug-likeness (QED) is 0.259. The van der Waals surface area contributed by atoms with Gasteiger partial charge < -0.3 is 26.2 Å². The molecule has 6 nitrogen and oxygen atoms in total. The van der Waals surface area contributed by atoms with E-state index in [1.807, 2.05) is 0 Å². The SMILES string of the molecule is NC(C(=O)O)C(O)(O)O. The van der Waals surface area contributed by atoms with Gasteiger partial charge in [0.2, 0.25) is 0 Å². The van der Waals surface area contributed by atoms with E-state index >= 15 is 0 Å². The minimum absolute atomic E-state index is 1.69. The van der Waals surface area contributed by atoms with Crippen LogP contribution in [0.25, 0.3) is 0 Å². The Morgan fingerprint density at radius 3 is 1.78 bits per heavy atom. The zero-order valence-electron chi connectivity index (χ0n) is 4.35. The van der Waals surface area contributed by atoms with Crippen molar-refractivity contribution in [3.05, 3.63) is 0 Å². The Labute approximate surface area is 50.1 Å². The van der Waals surface area contributed by atoms with Crippen LogP contribution in [0.1, 0.15) is 0 Å². The lowest BCUT2D eigenvalue weighted by Gasteiger charge is -2.17. The number of nitrogens with two attached hydrogens (primary N) is 1. The zero-order valence-corrected chi connectivity index (χ0v) is 4.35. The number of aliphatic hydroxyl groups is 3. The lowest BCUT2D eigenvalue weighted by Crippen LogP contribution is -2.52. The van der Waals surface area contributed by atoms with Gasteiger partial charge in [-0.15, -0.1) is 0 Å². The maximum absolute atomic E-state index is 9.74. The highest BCUT2D eigenvalue weighted by molar-refractivity contribution is 5.73. The summed E-state index contributed by atoms with van der Waals surface area (Å²) in [5.41, 5.74) is 4.54. The van der Waals surface area contributed by atoms with Crippen LogP contribution in [0.15, 0.2) is 0 Å². The van der Waals surface area contributed by atoms with Crippen molar-refractivity contribution < 1.29 is 25.2 Å². The van der Waals surface area contributed by atoms with E-state index in [0.29, 0.717) is 0 Å². The van der Waals surface area contributed by atoms with Crippen LogP contribution in [0.5, 0.6) is 0 Å². The highest BCUT2D eigenvalue weighted by Gasteiger charge is 2.34. The highest BCUT2D eigenvalue weighted by atomic mass is 16.7. The molecule has 0 aliphatic rings. The maximum atomic E-state index is 9.74. The molecule has 0 saturated carbocycles. The topological polar surface area (TPSA) is 124 Å². The van der Waals surface area contributed by atoms with Crippen LogP contribution in [0.4, 0.5) is 0 Å². The van der Waals surface area contributed by atoms with Gasteiger partial charge in [0, 0.05) is 0 Å². The molecule has 0 saturated heterocycles. The zero-order chi connectivity index (χ0) is 7.65. The molecular weight excluding hydrogens is 130 g/mol. The molecule has 54 valence electrons. The lowest BCUT2D eigenvalue weighted by molar-refractivity contribution is -0.319. The number of hydrogen-bond donors (Lipinski definition) is 5. The van der Waals surface area contributed by atoms with E-state index in [0.717, 1.165) is 0 Å². The molecule has 9 heavy (non-hydrogen) atoms. The summed E-state index contributed by atoms with van der Waals surface area (Å²) >= 11 is 0. The summed E-state index contributed by atoms with van der Waals surface area (Å²) in [7, 11) is 0. The predicted molar refractivity (Wildman–Crippen MR) is 25.0 cm³/mol. The first-order valence-corrected chi connectivity index (χ1v) is 2.01. The standard InChI is InChI=1S/C3H7NO5/c4-1(2(5)6)3(7,8)9/h1,7-9H,4H2,(H,5,6). The van der Waals surface area contributed by atoms with Crippen molar-refractivity contribution >= 4 is 5.97 Å². The van der Waals surface area contributed by atoms with Crippen LogP contribution < -0.4 is 5.73 Å². The van der Waals surface area contributed by atoms with Gasteiger partial charge in [0.05, 0.1) is 0 Å². The summed E-state index contributed by atoms with van der Waals surface area (Å²) in [6, 6.07) is -2.10. The fourth-order valence-electron chi connectivity index (χ4n) is 0.166. The van der Waals surface area contributed by atoms with Crippen molar-refractivity contribution in [3.63, 3.8) is 0 Å². The third-order valence-corrected chi connectivity index (χ3v) is 0.683. The van der Waals surface area contributed by atoms with Crippen molar-refractivity contribution in [2.75, 3.05) is 0 Å². The highest BCUT2D eigenvalue weighted by Crippen LogP contribution is 1.97. The molecule has 0 aromatic heterocycles. The second-order valence-electron chi connectivity index (χ2n) is 1.50. The summed E-state index contributed by atoms with van der Waals surface area (Å²) in [6.45, 7) is 0. The Hall–Kier alpha value is -0.690. The van der Waals surface area contributed by atoms with Crippen LogP contribution in [0.2, 0.25) is 0 Å². The van der Waals surface area contributed by atoms with E-state index in [4.69, 9.17) is 20.4 Å². The van der Waals surface area contributed by atoms with Crippen LogP contribution >= 0.6 is 0 Å². The molecule has 0 fully saturated rings. The molecule has 0 heterocycles. The third-order valence-electron chi connectivity index (χ3n) is 0.683. The normalized spacial score (nSPS) is 15.1. The molecule has 1 atom stereocenters. The Bertz CT molecular complexity index is 116. The van der Waals surface area contributed by atoms with Gasteiger partial charge in [0.25, 0.3) is 0 Å². The number of carboxylic acids is 1. The first-order valence-electron chi connectivity index (χ1n) is 2.01. The number of carboxylic acid groups (broad SMARTS) is 1. The molecule has 0 bridgehead atoms. The van der Waals surface area contributed by atoms with Gasteiger partial charge in [-0.1, -0.05) is 0 Å². The Morgan fingerprint density at radius 1 is 1.44 bits per heavy atom. The van der Waals surface area contributed by atoms with Gasteiger partial charge in [-0.25, -0.2) is 0 Å². The molecule has 0 rings (SSSR count). The summed E-state index contributed by atoms with van der Waals surface area (Å²) < 4.78 is 0. The van der Waals surface area contributed by atoms with Gasteiger partial charge in [-0.3, -0.25) is 4.79 Å². The largest absolute Gasteiger partial charge is 0.480 e. The van der Waals surface area contributed by atoms with Gasteiger partial charge in [-0.2, -0.15) is 0 Å². The maximum Gasteiger partial charge on any atom is 0.328 e. The van der Waals surface area contributed by atoms with Crippen LogP contribution in [0.3, 0.4) is 0 Å². The predicted octanol–water partition coefficient (Wildman–Crippen LogP) is -2.97. The van der Waals surface area contributed by atoms with E-state index in [1.54, 1.807) is 0 Å². The van der Waals surface area contributed by atoms with Crippen molar-refractivity contribution in [2.24, 2.45) is 5.73 Å². The van der Waals surface area contributed by atoms with Gasteiger partial charge in [-0.05, 0) is 0 Å². The van der Waals surface area contributed by atoms with Crippen molar-refractivity contribution in [1.82, 2.24) is 0 Å². The van der Waals surface area contributed by atoms with Crippen LogP contribution in [-0.2, 0) is 4.79 Å². The van der Waals surface area contributed by atoms with E-state index in [2.05, 4.69) is 5.73 Å². The minimum atomic E-state index is -3.34. The molecule has 0 radical (unpaired) electrons. The smallest absolute Gasteiger partial charge is 0.328 e. The molecule has 6 N–H and O–H groups in total. The molecule has 1 unspecified atom stereocenters. The molecule has 0 aromatic carbocycles. The minimum Gasteiger partial charge on any atom is -0.480 e. The first-order chi connectivity index (χ1) is 3.85. The molecule has 0 aliphatic heterocycles. The number of aliphatic carboxylic acids is 1. The van der Waals surface area contributed by atoms with E-state index in [9.17, 15) is 4.79 Å². The van der Waals surface area contributed by atoms with Gasteiger partial charge >= 0.3 is 11.9 Å². The van der Waals surface area contributed by atoms with Gasteiger partial charge in [0.1, 0.15) is 0 Å². The van der Waals surface area contributed by atoms with Crippen LogP contribution in [0, 0.1) is 0 Å². The van der Waals surface area contributed by atoms with Crippen molar-refractivity contribution in [1.29, 1.82) is 0 Å². The molecule has 0 amide bonds.